The topological polar surface area (TPSA) is 87.1 Å². The van der Waals surface area contributed by atoms with Crippen LogP contribution in [-0.2, 0) is 4.79 Å². The lowest BCUT2D eigenvalue weighted by molar-refractivity contribution is -0.131. The van der Waals surface area contributed by atoms with E-state index in [9.17, 15) is 9.59 Å². The molecule has 0 saturated carbocycles. The molecule has 6 heteroatoms. The van der Waals surface area contributed by atoms with Crippen LogP contribution < -0.4 is 4.74 Å². The van der Waals surface area contributed by atoms with Crippen molar-refractivity contribution in [1.82, 2.24) is 4.90 Å². The molecule has 114 valence electrons. The minimum Gasteiger partial charge on any atom is -0.496 e. The molecule has 0 atom stereocenters. The van der Waals surface area contributed by atoms with Crippen LogP contribution in [-0.4, -0.2) is 53.8 Å². The number of rotatable bonds is 7. The Morgan fingerprint density at radius 1 is 1.38 bits per heavy atom. The number of carbonyl (C=O) groups is 2. The van der Waals surface area contributed by atoms with Crippen molar-refractivity contribution in [2.75, 3.05) is 26.8 Å². The first-order valence-electron chi connectivity index (χ1n) is 6.52. The van der Waals surface area contributed by atoms with Crippen LogP contribution >= 0.6 is 0 Å². The second-order valence-corrected chi connectivity index (χ2v) is 4.24. The Kier molecular flexibility index (Phi) is 6.42. The highest BCUT2D eigenvalue weighted by Gasteiger charge is 2.15. The number of carbonyl (C=O) groups excluding carboxylic acids is 1. The molecular formula is C15H19NO5. The Balaban J connectivity index is 3.12. The van der Waals surface area contributed by atoms with Crippen molar-refractivity contribution in [1.29, 1.82) is 0 Å². The van der Waals surface area contributed by atoms with Gasteiger partial charge in [-0.05, 0) is 31.2 Å². The quantitative estimate of drug-likeness (QED) is 0.739. The van der Waals surface area contributed by atoms with Crippen LogP contribution in [0.2, 0.25) is 0 Å². The zero-order valence-corrected chi connectivity index (χ0v) is 12.1. The number of amides is 1. The van der Waals surface area contributed by atoms with E-state index in [4.69, 9.17) is 14.9 Å². The Hall–Kier alpha value is -2.34. The summed E-state index contributed by atoms with van der Waals surface area (Å²) in [5.74, 6) is -0.822. The normalized spacial score (nSPS) is 10.6. The highest BCUT2D eigenvalue weighted by atomic mass is 16.5. The molecular weight excluding hydrogens is 274 g/mol. The maximum absolute atomic E-state index is 12.3. The molecule has 0 aliphatic rings. The van der Waals surface area contributed by atoms with Crippen molar-refractivity contribution < 1.29 is 24.5 Å². The van der Waals surface area contributed by atoms with Gasteiger partial charge in [-0.3, -0.25) is 4.79 Å². The predicted octanol–water partition coefficient (Wildman–Crippen LogP) is 1.25. The third-order valence-electron chi connectivity index (χ3n) is 2.92. The molecule has 1 rings (SSSR count). The van der Waals surface area contributed by atoms with Gasteiger partial charge in [0.25, 0.3) is 5.91 Å². The van der Waals surface area contributed by atoms with Crippen LogP contribution in [0.5, 0.6) is 5.75 Å². The van der Waals surface area contributed by atoms with Gasteiger partial charge in [-0.2, -0.15) is 0 Å². The summed E-state index contributed by atoms with van der Waals surface area (Å²) in [5, 5.41) is 17.6. The Bertz CT molecular complexity index is 539. The van der Waals surface area contributed by atoms with Gasteiger partial charge in [-0.1, -0.05) is 0 Å². The number of aliphatic hydroxyl groups is 1. The number of aliphatic carboxylic acids is 1. The van der Waals surface area contributed by atoms with Crippen molar-refractivity contribution in [3.63, 3.8) is 0 Å². The third kappa shape index (κ3) is 4.61. The minimum absolute atomic E-state index is 0.110. The first-order chi connectivity index (χ1) is 10.0. The Morgan fingerprint density at radius 2 is 2.10 bits per heavy atom. The number of carboxylic acid groups (broad SMARTS) is 1. The molecule has 0 aliphatic heterocycles. The van der Waals surface area contributed by atoms with Crippen molar-refractivity contribution in [2.45, 2.75) is 6.92 Å². The SMILES string of the molecule is CCN(CCO)C(=O)c1ccc(OC)c(C=CC(=O)O)c1. The average molecular weight is 293 g/mol. The minimum atomic E-state index is -1.08. The molecule has 0 aliphatic carbocycles. The van der Waals surface area contributed by atoms with Gasteiger partial charge in [0.1, 0.15) is 5.75 Å². The van der Waals surface area contributed by atoms with E-state index in [-0.39, 0.29) is 19.1 Å². The number of ether oxygens (including phenoxy) is 1. The van der Waals surface area contributed by atoms with Crippen LogP contribution in [0.25, 0.3) is 6.08 Å². The van der Waals surface area contributed by atoms with E-state index < -0.39 is 5.97 Å². The molecule has 0 unspecified atom stereocenters. The second kappa shape index (κ2) is 8.06. The molecule has 21 heavy (non-hydrogen) atoms. The molecule has 1 amide bonds. The highest BCUT2D eigenvalue weighted by Crippen LogP contribution is 2.22. The fraction of sp³-hybridized carbons (Fsp3) is 0.333. The van der Waals surface area contributed by atoms with Crippen molar-refractivity contribution in [2.24, 2.45) is 0 Å². The molecule has 6 nitrogen and oxygen atoms in total. The summed E-state index contributed by atoms with van der Waals surface area (Å²) >= 11 is 0. The summed E-state index contributed by atoms with van der Waals surface area (Å²) in [6.45, 7) is 2.44. The Labute approximate surface area is 123 Å². The average Bonchev–Trinajstić information content (AvgIpc) is 2.49. The zero-order chi connectivity index (χ0) is 15.8. The van der Waals surface area contributed by atoms with Crippen molar-refractivity contribution in [3.8, 4) is 5.75 Å². The molecule has 0 bridgehead atoms. The van der Waals surface area contributed by atoms with Crippen molar-refractivity contribution >= 4 is 18.0 Å². The fourth-order valence-electron chi connectivity index (χ4n) is 1.87. The fourth-order valence-corrected chi connectivity index (χ4v) is 1.87. The number of aliphatic hydroxyl groups excluding tert-OH is 1. The molecule has 1 aromatic rings. The highest BCUT2D eigenvalue weighted by molar-refractivity contribution is 5.95. The summed E-state index contributed by atoms with van der Waals surface area (Å²) < 4.78 is 5.14. The van der Waals surface area contributed by atoms with Gasteiger partial charge in [0.05, 0.1) is 13.7 Å². The maximum atomic E-state index is 12.3. The van der Waals surface area contributed by atoms with Gasteiger partial charge < -0.3 is 19.8 Å². The predicted molar refractivity (Wildman–Crippen MR) is 78.3 cm³/mol. The number of carboxylic acids is 1. The van der Waals surface area contributed by atoms with Gasteiger partial charge in [0, 0.05) is 30.3 Å². The summed E-state index contributed by atoms with van der Waals surface area (Å²) in [6.07, 6.45) is 2.36. The first kappa shape index (κ1) is 16.7. The molecule has 0 spiro atoms. The van der Waals surface area contributed by atoms with E-state index in [1.54, 1.807) is 18.2 Å². The molecule has 2 N–H and O–H groups in total. The maximum Gasteiger partial charge on any atom is 0.328 e. The van der Waals surface area contributed by atoms with Gasteiger partial charge in [-0.25, -0.2) is 4.79 Å². The summed E-state index contributed by atoms with van der Waals surface area (Å²) in [5.41, 5.74) is 0.918. The van der Waals surface area contributed by atoms with Gasteiger partial charge >= 0.3 is 5.97 Å². The number of nitrogens with zero attached hydrogens (tertiary/aromatic N) is 1. The standard InChI is InChI=1S/C15H19NO5/c1-3-16(8-9-17)15(20)12-4-6-13(21-2)11(10-12)5-7-14(18)19/h4-7,10,17H,3,8-9H2,1-2H3,(H,18,19). The summed E-state index contributed by atoms with van der Waals surface area (Å²) in [6, 6.07) is 4.79. The smallest absolute Gasteiger partial charge is 0.328 e. The van der Waals surface area contributed by atoms with E-state index in [1.807, 2.05) is 6.92 Å². The second-order valence-electron chi connectivity index (χ2n) is 4.24. The number of hydrogen-bond donors (Lipinski definition) is 2. The largest absolute Gasteiger partial charge is 0.496 e. The Morgan fingerprint density at radius 3 is 2.62 bits per heavy atom. The number of likely N-dealkylation sites (N-methyl/N-ethyl adjacent to an activating group) is 1. The summed E-state index contributed by atoms with van der Waals surface area (Å²) in [4.78, 5) is 24.4. The van der Waals surface area contributed by atoms with E-state index in [0.717, 1.165) is 6.08 Å². The van der Waals surface area contributed by atoms with Crippen LogP contribution in [0, 0.1) is 0 Å². The monoisotopic (exact) mass is 293 g/mol. The molecule has 0 radical (unpaired) electrons. The summed E-state index contributed by atoms with van der Waals surface area (Å²) in [7, 11) is 1.47. The zero-order valence-electron chi connectivity index (χ0n) is 12.1. The molecule has 0 heterocycles. The molecule has 1 aromatic carbocycles. The number of hydrogen-bond acceptors (Lipinski definition) is 4. The first-order valence-corrected chi connectivity index (χ1v) is 6.52. The van der Waals surface area contributed by atoms with Crippen LogP contribution in [0.4, 0.5) is 0 Å². The van der Waals surface area contributed by atoms with E-state index in [1.165, 1.54) is 18.1 Å². The van der Waals surface area contributed by atoms with Crippen LogP contribution in [0.3, 0.4) is 0 Å². The van der Waals surface area contributed by atoms with Gasteiger partial charge in [0.15, 0.2) is 0 Å². The molecule has 0 saturated heterocycles. The van der Waals surface area contributed by atoms with Gasteiger partial charge in [0.2, 0.25) is 0 Å². The molecule has 0 fully saturated rings. The van der Waals surface area contributed by atoms with Crippen LogP contribution in [0.15, 0.2) is 24.3 Å². The number of methoxy groups -OCH3 is 1. The number of benzene rings is 1. The van der Waals surface area contributed by atoms with E-state index >= 15 is 0 Å². The lowest BCUT2D eigenvalue weighted by atomic mass is 10.1. The lowest BCUT2D eigenvalue weighted by Gasteiger charge is -2.20. The molecule has 0 aromatic heterocycles. The third-order valence-corrected chi connectivity index (χ3v) is 2.92. The van der Waals surface area contributed by atoms with Gasteiger partial charge in [-0.15, -0.1) is 0 Å². The van der Waals surface area contributed by atoms with Crippen LogP contribution in [0.1, 0.15) is 22.8 Å². The van der Waals surface area contributed by atoms with Crippen molar-refractivity contribution in [3.05, 3.63) is 35.4 Å². The lowest BCUT2D eigenvalue weighted by Crippen LogP contribution is -2.33. The van der Waals surface area contributed by atoms with E-state index in [0.29, 0.717) is 23.4 Å². The van der Waals surface area contributed by atoms with E-state index in [2.05, 4.69) is 0 Å².